The Kier molecular flexibility index (Phi) is 2.52. The number of phenols is 1. The number of halogens is 1. The van der Waals surface area contributed by atoms with E-state index in [0.717, 1.165) is 11.1 Å². The zero-order valence-electron chi connectivity index (χ0n) is 7.94. The molecule has 0 heterocycles. The van der Waals surface area contributed by atoms with Crippen LogP contribution in [0.4, 0.5) is 5.69 Å². The van der Waals surface area contributed by atoms with Crippen LogP contribution in [0.2, 0.25) is 5.02 Å². The maximum atomic E-state index is 9.37. The van der Waals surface area contributed by atoms with E-state index in [1.807, 2.05) is 12.1 Å². The van der Waals surface area contributed by atoms with Crippen LogP contribution in [0.1, 0.15) is 0 Å². The number of nitrogens with two attached hydrogens (primary N) is 1. The highest BCUT2D eigenvalue weighted by Gasteiger charge is 2.03. The fourth-order valence-electron chi connectivity index (χ4n) is 1.42. The van der Waals surface area contributed by atoms with Gasteiger partial charge in [0.2, 0.25) is 0 Å². The number of nitrogen functional groups attached to an aromatic ring is 1. The van der Waals surface area contributed by atoms with Crippen LogP contribution in [0, 0.1) is 0 Å². The Morgan fingerprint density at radius 2 is 1.67 bits per heavy atom. The van der Waals surface area contributed by atoms with Gasteiger partial charge in [0, 0.05) is 16.3 Å². The molecule has 0 aliphatic carbocycles. The molecule has 0 unspecified atom stereocenters. The molecular weight excluding hydrogens is 210 g/mol. The fraction of sp³-hybridized carbons (Fsp3) is 0. The van der Waals surface area contributed by atoms with Gasteiger partial charge in [-0.1, -0.05) is 23.7 Å². The lowest BCUT2D eigenvalue weighted by Gasteiger charge is -2.06. The molecule has 0 atom stereocenters. The summed E-state index contributed by atoms with van der Waals surface area (Å²) in [6, 6.07) is 12.2. The molecule has 76 valence electrons. The average Bonchev–Trinajstić information content (AvgIpc) is 2.23. The maximum absolute atomic E-state index is 9.37. The van der Waals surface area contributed by atoms with E-state index in [0.29, 0.717) is 10.7 Å². The summed E-state index contributed by atoms with van der Waals surface area (Å²) in [6.07, 6.45) is 0. The minimum absolute atomic E-state index is 0.203. The summed E-state index contributed by atoms with van der Waals surface area (Å²) in [7, 11) is 0. The second-order valence-electron chi connectivity index (χ2n) is 3.28. The van der Waals surface area contributed by atoms with Crippen molar-refractivity contribution in [2.24, 2.45) is 0 Å². The van der Waals surface area contributed by atoms with Gasteiger partial charge < -0.3 is 10.8 Å². The largest absolute Gasteiger partial charge is 0.508 e. The van der Waals surface area contributed by atoms with Crippen LogP contribution in [0.25, 0.3) is 11.1 Å². The summed E-state index contributed by atoms with van der Waals surface area (Å²) in [5.74, 6) is 0.203. The number of hydrogen-bond donors (Lipinski definition) is 2. The van der Waals surface area contributed by atoms with Crippen LogP contribution in [0.3, 0.4) is 0 Å². The molecule has 0 aliphatic heterocycles. The van der Waals surface area contributed by atoms with Crippen LogP contribution in [-0.2, 0) is 0 Å². The third kappa shape index (κ3) is 2.05. The Balaban J connectivity index is 2.53. The molecule has 0 saturated carbocycles. The van der Waals surface area contributed by atoms with Crippen LogP contribution in [-0.4, -0.2) is 5.11 Å². The number of rotatable bonds is 1. The molecule has 15 heavy (non-hydrogen) atoms. The number of aromatic hydroxyl groups is 1. The maximum Gasteiger partial charge on any atom is 0.116 e. The molecule has 2 rings (SSSR count). The van der Waals surface area contributed by atoms with Crippen molar-refractivity contribution in [1.29, 1.82) is 0 Å². The molecule has 0 radical (unpaired) electrons. The van der Waals surface area contributed by atoms with Crippen molar-refractivity contribution >= 4 is 17.3 Å². The zero-order chi connectivity index (χ0) is 10.8. The van der Waals surface area contributed by atoms with Gasteiger partial charge in [-0.3, -0.25) is 0 Å². The van der Waals surface area contributed by atoms with Gasteiger partial charge in [-0.25, -0.2) is 0 Å². The van der Waals surface area contributed by atoms with E-state index in [9.17, 15) is 5.11 Å². The SMILES string of the molecule is Nc1ccc(O)cc1-c1ccc(Cl)cc1. The van der Waals surface area contributed by atoms with Crippen LogP contribution >= 0.6 is 11.6 Å². The molecule has 3 heteroatoms. The minimum Gasteiger partial charge on any atom is -0.508 e. The predicted octanol–water partition coefficient (Wildman–Crippen LogP) is 3.29. The first-order valence-electron chi connectivity index (χ1n) is 4.51. The van der Waals surface area contributed by atoms with Crippen LogP contribution < -0.4 is 5.73 Å². The number of benzene rings is 2. The first-order chi connectivity index (χ1) is 7.16. The first kappa shape index (κ1) is 9.87. The molecule has 2 aromatic carbocycles. The van der Waals surface area contributed by atoms with Crippen molar-refractivity contribution in [2.45, 2.75) is 0 Å². The smallest absolute Gasteiger partial charge is 0.116 e. The monoisotopic (exact) mass is 219 g/mol. The average molecular weight is 220 g/mol. The minimum atomic E-state index is 0.203. The Hall–Kier alpha value is -1.67. The van der Waals surface area contributed by atoms with Crippen molar-refractivity contribution < 1.29 is 5.11 Å². The van der Waals surface area contributed by atoms with Crippen molar-refractivity contribution in [3.63, 3.8) is 0 Å². The molecule has 0 bridgehead atoms. The third-order valence-electron chi connectivity index (χ3n) is 2.19. The predicted molar refractivity (Wildman–Crippen MR) is 63.0 cm³/mol. The van der Waals surface area contributed by atoms with E-state index < -0.39 is 0 Å². The summed E-state index contributed by atoms with van der Waals surface area (Å²) in [6.45, 7) is 0. The van der Waals surface area contributed by atoms with Crippen LogP contribution in [0.15, 0.2) is 42.5 Å². The standard InChI is InChI=1S/C12H10ClNO/c13-9-3-1-8(2-4-9)11-7-10(15)5-6-12(11)14/h1-7,15H,14H2. The van der Waals surface area contributed by atoms with Gasteiger partial charge >= 0.3 is 0 Å². The highest BCUT2D eigenvalue weighted by molar-refractivity contribution is 6.30. The van der Waals surface area contributed by atoms with Crippen molar-refractivity contribution in [3.8, 4) is 16.9 Å². The lowest BCUT2D eigenvalue weighted by atomic mass is 10.0. The quantitative estimate of drug-likeness (QED) is 0.571. The summed E-state index contributed by atoms with van der Waals surface area (Å²) >= 11 is 5.79. The molecule has 2 aromatic rings. The molecule has 3 N–H and O–H groups in total. The summed E-state index contributed by atoms with van der Waals surface area (Å²) in [5, 5.41) is 10.1. The van der Waals surface area contributed by atoms with Crippen LogP contribution in [0.5, 0.6) is 5.75 Å². The molecule has 0 aliphatic rings. The normalized spacial score (nSPS) is 10.2. The third-order valence-corrected chi connectivity index (χ3v) is 2.44. The van der Waals surface area contributed by atoms with E-state index in [2.05, 4.69) is 0 Å². The molecular formula is C12H10ClNO. The fourth-order valence-corrected chi connectivity index (χ4v) is 1.55. The van der Waals surface area contributed by atoms with E-state index in [1.165, 1.54) is 0 Å². The number of hydrogen-bond acceptors (Lipinski definition) is 2. The zero-order valence-corrected chi connectivity index (χ0v) is 8.70. The molecule has 0 fully saturated rings. The first-order valence-corrected chi connectivity index (χ1v) is 4.89. The van der Waals surface area contributed by atoms with Crippen molar-refractivity contribution in [1.82, 2.24) is 0 Å². The van der Waals surface area contributed by atoms with Gasteiger partial charge in [0.15, 0.2) is 0 Å². The lowest BCUT2D eigenvalue weighted by molar-refractivity contribution is 0.475. The molecule has 0 spiro atoms. The molecule has 0 amide bonds. The van der Waals surface area contributed by atoms with Gasteiger partial charge in [0.05, 0.1) is 0 Å². The second-order valence-corrected chi connectivity index (χ2v) is 3.71. The van der Waals surface area contributed by atoms with Gasteiger partial charge in [-0.2, -0.15) is 0 Å². The lowest BCUT2D eigenvalue weighted by Crippen LogP contribution is -1.89. The number of phenolic OH excluding ortho intramolecular Hbond substituents is 1. The second kappa shape index (κ2) is 3.83. The van der Waals surface area contributed by atoms with Crippen molar-refractivity contribution in [3.05, 3.63) is 47.5 Å². The Morgan fingerprint density at radius 1 is 1.00 bits per heavy atom. The summed E-state index contributed by atoms with van der Waals surface area (Å²) in [4.78, 5) is 0. The topological polar surface area (TPSA) is 46.2 Å². The Morgan fingerprint density at radius 3 is 2.33 bits per heavy atom. The van der Waals surface area contributed by atoms with Gasteiger partial charge in [-0.05, 0) is 35.9 Å². The van der Waals surface area contributed by atoms with Crippen molar-refractivity contribution in [2.75, 3.05) is 5.73 Å². The van der Waals surface area contributed by atoms with Gasteiger partial charge in [-0.15, -0.1) is 0 Å². The summed E-state index contributed by atoms with van der Waals surface area (Å²) in [5.41, 5.74) is 8.20. The van der Waals surface area contributed by atoms with Gasteiger partial charge in [0.1, 0.15) is 5.75 Å². The van der Waals surface area contributed by atoms with Gasteiger partial charge in [0.25, 0.3) is 0 Å². The Bertz CT molecular complexity index is 479. The van der Waals surface area contributed by atoms with E-state index >= 15 is 0 Å². The Labute approximate surface area is 92.9 Å². The van der Waals surface area contributed by atoms with E-state index in [1.54, 1.807) is 30.3 Å². The molecule has 2 nitrogen and oxygen atoms in total. The number of anilines is 1. The molecule has 0 aromatic heterocycles. The highest BCUT2D eigenvalue weighted by atomic mass is 35.5. The highest BCUT2D eigenvalue weighted by Crippen LogP contribution is 2.29. The summed E-state index contributed by atoms with van der Waals surface area (Å²) < 4.78 is 0. The van der Waals surface area contributed by atoms with E-state index in [4.69, 9.17) is 17.3 Å². The molecule has 0 saturated heterocycles. The van der Waals surface area contributed by atoms with E-state index in [-0.39, 0.29) is 5.75 Å².